The maximum Gasteiger partial charge on any atom is 0.276 e. The molecule has 2 rings (SSSR count). The molecule has 2 N–H and O–H groups in total. The number of carbonyl (C=O) groups excluding carboxylic acids is 1. The maximum atomic E-state index is 12.0. The van der Waals surface area contributed by atoms with E-state index in [2.05, 4.69) is 0 Å². The van der Waals surface area contributed by atoms with Crippen LogP contribution < -0.4 is 5.73 Å². The molecule has 7 nitrogen and oxygen atoms in total. The molecule has 17 heavy (non-hydrogen) atoms. The Bertz CT molecular complexity index is 495. The van der Waals surface area contributed by atoms with Crippen molar-refractivity contribution in [2.75, 3.05) is 19.7 Å². The normalized spacial score (nSPS) is 22.5. The molecular formula is C9H12N2O5S. The molecule has 1 unspecified atom stereocenters. The molecule has 1 atom stereocenters. The first-order chi connectivity index (χ1) is 8.01. The average molecular weight is 260 g/mol. The number of hydrogen-bond donors (Lipinski definition) is 1. The quantitative estimate of drug-likeness (QED) is 0.762. The molecular weight excluding hydrogens is 248 g/mol. The summed E-state index contributed by atoms with van der Waals surface area (Å²) < 4.78 is 35.1. The summed E-state index contributed by atoms with van der Waals surface area (Å²) >= 11 is 0. The van der Waals surface area contributed by atoms with Gasteiger partial charge in [-0.25, -0.2) is 8.42 Å². The van der Waals surface area contributed by atoms with Gasteiger partial charge >= 0.3 is 0 Å². The van der Waals surface area contributed by atoms with Gasteiger partial charge in [0, 0.05) is 13.1 Å². The predicted octanol–water partition coefficient (Wildman–Crippen LogP) is -0.846. The Hall–Kier alpha value is -1.38. The lowest BCUT2D eigenvalue weighted by Crippen LogP contribution is -2.50. The Labute approximate surface area is 98.2 Å². The molecule has 0 saturated carbocycles. The third kappa shape index (κ3) is 2.33. The minimum Gasteiger partial charge on any atom is -0.452 e. The van der Waals surface area contributed by atoms with Crippen LogP contribution in [0.25, 0.3) is 0 Å². The van der Waals surface area contributed by atoms with Crippen molar-refractivity contribution in [3.8, 4) is 0 Å². The maximum absolute atomic E-state index is 12.0. The summed E-state index contributed by atoms with van der Waals surface area (Å²) in [6.45, 7) is 0.221. The molecule has 94 valence electrons. The molecule has 0 aliphatic carbocycles. The van der Waals surface area contributed by atoms with Crippen molar-refractivity contribution in [3.05, 3.63) is 18.4 Å². The Morgan fingerprint density at radius 2 is 2.29 bits per heavy atom. The van der Waals surface area contributed by atoms with Gasteiger partial charge in [-0.3, -0.25) is 4.79 Å². The van der Waals surface area contributed by atoms with E-state index in [4.69, 9.17) is 14.9 Å². The second kappa shape index (κ2) is 4.47. The van der Waals surface area contributed by atoms with Crippen LogP contribution in [0.5, 0.6) is 0 Å². The van der Waals surface area contributed by atoms with Gasteiger partial charge in [-0.05, 0) is 12.1 Å². The highest BCUT2D eigenvalue weighted by Gasteiger charge is 2.34. The number of sulfonamides is 1. The van der Waals surface area contributed by atoms with Gasteiger partial charge in [0.15, 0.2) is 0 Å². The smallest absolute Gasteiger partial charge is 0.276 e. The second-order valence-corrected chi connectivity index (χ2v) is 5.43. The van der Waals surface area contributed by atoms with E-state index in [0.29, 0.717) is 0 Å². The van der Waals surface area contributed by atoms with Crippen molar-refractivity contribution >= 4 is 15.9 Å². The van der Waals surface area contributed by atoms with Gasteiger partial charge in [0.1, 0.15) is 6.10 Å². The van der Waals surface area contributed by atoms with Crippen molar-refractivity contribution in [3.63, 3.8) is 0 Å². The predicted molar refractivity (Wildman–Crippen MR) is 56.4 cm³/mol. The van der Waals surface area contributed by atoms with Crippen LogP contribution in [-0.2, 0) is 19.6 Å². The molecule has 1 aromatic rings. The lowest BCUT2D eigenvalue weighted by molar-refractivity contribution is -0.132. The molecule has 0 radical (unpaired) electrons. The van der Waals surface area contributed by atoms with Gasteiger partial charge in [-0.15, -0.1) is 0 Å². The number of primary amides is 1. The fourth-order valence-electron chi connectivity index (χ4n) is 1.55. The van der Waals surface area contributed by atoms with Crippen LogP contribution in [0.2, 0.25) is 0 Å². The Morgan fingerprint density at radius 1 is 1.53 bits per heavy atom. The summed E-state index contributed by atoms with van der Waals surface area (Å²) in [7, 11) is -3.71. The number of hydrogen-bond acceptors (Lipinski definition) is 5. The molecule has 1 amide bonds. The number of rotatable bonds is 3. The highest BCUT2D eigenvalue weighted by Crippen LogP contribution is 2.18. The Balaban J connectivity index is 2.20. The zero-order chi connectivity index (χ0) is 12.5. The molecule has 1 aliphatic rings. The summed E-state index contributed by atoms with van der Waals surface area (Å²) in [5.74, 6) is -0.677. The number of nitrogens with two attached hydrogens (primary N) is 1. The van der Waals surface area contributed by atoms with Crippen LogP contribution in [0, 0.1) is 0 Å². The number of furan rings is 1. The summed E-state index contributed by atoms with van der Waals surface area (Å²) in [4.78, 5) is 11.0. The second-order valence-electron chi connectivity index (χ2n) is 3.56. The zero-order valence-electron chi connectivity index (χ0n) is 8.90. The number of morpholine rings is 1. The first-order valence-electron chi connectivity index (χ1n) is 4.96. The highest BCUT2D eigenvalue weighted by atomic mass is 32.2. The SMILES string of the molecule is NC(=O)C1CN(S(=O)(=O)c2ccco2)CCO1. The van der Waals surface area contributed by atoms with E-state index in [1.165, 1.54) is 18.4 Å². The van der Waals surface area contributed by atoms with E-state index in [9.17, 15) is 13.2 Å². The number of nitrogens with zero attached hydrogens (tertiary/aromatic N) is 1. The van der Waals surface area contributed by atoms with E-state index >= 15 is 0 Å². The van der Waals surface area contributed by atoms with Crippen LogP contribution in [-0.4, -0.2) is 44.4 Å². The first kappa shape index (κ1) is 12.1. The fourth-order valence-corrected chi connectivity index (χ4v) is 2.88. The van der Waals surface area contributed by atoms with Crippen LogP contribution in [0.1, 0.15) is 0 Å². The average Bonchev–Trinajstić information content (AvgIpc) is 2.83. The van der Waals surface area contributed by atoms with E-state index in [1.807, 2.05) is 0 Å². The van der Waals surface area contributed by atoms with E-state index in [-0.39, 0.29) is 24.8 Å². The van der Waals surface area contributed by atoms with Crippen molar-refractivity contribution in [2.24, 2.45) is 5.73 Å². The standard InChI is InChI=1S/C9H12N2O5S/c10-9(12)7-6-11(3-5-15-7)17(13,14)8-2-1-4-16-8/h1-2,4,7H,3,5-6H2,(H2,10,12). The van der Waals surface area contributed by atoms with Crippen LogP contribution >= 0.6 is 0 Å². The van der Waals surface area contributed by atoms with Gasteiger partial charge in [0.25, 0.3) is 10.0 Å². The molecule has 8 heteroatoms. The van der Waals surface area contributed by atoms with E-state index in [0.717, 1.165) is 4.31 Å². The largest absolute Gasteiger partial charge is 0.452 e. The summed E-state index contributed by atoms with van der Waals surface area (Å²) in [6, 6.07) is 2.84. The lowest BCUT2D eigenvalue weighted by Gasteiger charge is -2.29. The number of carbonyl (C=O) groups is 1. The molecule has 1 aliphatic heterocycles. The van der Waals surface area contributed by atoms with Gasteiger partial charge in [-0.2, -0.15) is 4.31 Å². The third-order valence-corrected chi connectivity index (χ3v) is 4.19. The van der Waals surface area contributed by atoms with Gasteiger partial charge in [0.05, 0.1) is 12.9 Å². The van der Waals surface area contributed by atoms with E-state index < -0.39 is 22.0 Å². The van der Waals surface area contributed by atoms with E-state index in [1.54, 1.807) is 0 Å². The Morgan fingerprint density at radius 3 is 2.88 bits per heavy atom. The number of ether oxygens (including phenoxy) is 1. The van der Waals surface area contributed by atoms with Gasteiger partial charge in [0.2, 0.25) is 11.0 Å². The van der Waals surface area contributed by atoms with Crippen molar-refractivity contribution in [2.45, 2.75) is 11.2 Å². The monoisotopic (exact) mass is 260 g/mol. The zero-order valence-corrected chi connectivity index (χ0v) is 9.72. The van der Waals surface area contributed by atoms with Gasteiger partial charge < -0.3 is 14.9 Å². The van der Waals surface area contributed by atoms with Crippen LogP contribution in [0.4, 0.5) is 0 Å². The van der Waals surface area contributed by atoms with Crippen LogP contribution in [0.15, 0.2) is 27.9 Å². The topological polar surface area (TPSA) is 103 Å². The van der Waals surface area contributed by atoms with Gasteiger partial charge in [-0.1, -0.05) is 0 Å². The molecule has 2 heterocycles. The minimum atomic E-state index is -3.71. The summed E-state index contributed by atoms with van der Waals surface area (Å²) in [5, 5.41) is -0.150. The van der Waals surface area contributed by atoms with Crippen molar-refractivity contribution < 1.29 is 22.4 Å². The molecule has 1 aromatic heterocycles. The molecule has 1 fully saturated rings. The fraction of sp³-hybridized carbons (Fsp3) is 0.444. The molecule has 1 saturated heterocycles. The molecule has 0 spiro atoms. The first-order valence-corrected chi connectivity index (χ1v) is 6.40. The molecule has 0 aromatic carbocycles. The Kier molecular flexibility index (Phi) is 3.18. The third-order valence-electron chi connectivity index (χ3n) is 2.44. The molecule has 0 bridgehead atoms. The minimum absolute atomic E-state index is 0.0850. The summed E-state index contributed by atoms with van der Waals surface area (Å²) in [5.41, 5.74) is 5.08. The highest BCUT2D eigenvalue weighted by molar-refractivity contribution is 7.89. The summed E-state index contributed by atoms with van der Waals surface area (Å²) in [6.07, 6.45) is 0.368. The lowest BCUT2D eigenvalue weighted by atomic mass is 10.3. The van der Waals surface area contributed by atoms with Crippen molar-refractivity contribution in [1.82, 2.24) is 4.31 Å². The van der Waals surface area contributed by atoms with Crippen LogP contribution in [0.3, 0.4) is 0 Å². The van der Waals surface area contributed by atoms with Crippen molar-refractivity contribution in [1.29, 1.82) is 0 Å². The number of amides is 1.